The molecule has 1 heterocycles. The van der Waals surface area contributed by atoms with Crippen molar-refractivity contribution in [3.05, 3.63) is 59.4 Å². The number of ether oxygens (including phenoxy) is 1. The summed E-state index contributed by atoms with van der Waals surface area (Å²) in [6.45, 7) is 2.55. The summed E-state index contributed by atoms with van der Waals surface area (Å²) in [5, 5.41) is 2.88. The molecule has 1 unspecified atom stereocenters. The number of hydrogen-bond acceptors (Lipinski definition) is 3. The van der Waals surface area contributed by atoms with E-state index in [1.807, 2.05) is 24.3 Å². The van der Waals surface area contributed by atoms with E-state index in [1.165, 1.54) is 13.2 Å². The Labute approximate surface area is 158 Å². The standard InChI is InChI=1S/C21H23FN2O3/c1-14(16-7-10-19(27-2)18(22)13-16)23-20(25)12-15-5-8-17(9-6-15)24-11-3-4-21(24)26/h5-10,13-14H,3-4,11-12H2,1-2H3,(H,23,25). The summed E-state index contributed by atoms with van der Waals surface area (Å²) in [6.07, 6.45) is 1.69. The first-order valence-electron chi connectivity index (χ1n) is 9.00. The molecule has 0 aliphatic carbocycles. The van der Waals surface area contributed by atoms with Gasteiger partial charge < -0.3 is 15.0 Å². The summed E-state index contributed by atoms with van der Waals surface area (Å²) in [5.41, 5.74) is 2.39. The fourth-order valence-electron chi connectivity index (χ4n) is 3.23. The molecule has 3 rings (SSSR count). The van der Waals surface area contributed by atoms with E-state index in [1.54, 1.807) is 24.0 Å². The van der Waals surface area contributed by atoms with E-state index < -0.39 is 5.82 Å². The molecule has 142 valence electrons. The van der Waals surface area contributed by atoms with Gasteiger partial charge in [0.15, 0.2) is 11.6 Å². The third kappa shape index (κ3) is 4.45. The summed E-state index contributed by atoms with van der Waals surface area (Å²) in [6, 6.07) is 11.8. The molecule has 1 aliphatic rings. The molecule has 2 aromatic carbocycles. The average Bonchev–Trinajstić information content (AvgIpc) is 3.08. The Kier molecular flexibility index (Phi) is 5.74. The first-order valence-corrected chi connectivity index (χ1v) is 9.00. The van der Waals surface area contributed by atoms with Gasteiger partial charge in [0.25, 0.3) is 0 Å². The Morgan fingerprint density at radius 2 is 2.00 bits per heavy atom. The Morgan fingerprint density at radius 3 is 2.59 bits per heavy atom. The number of hydrogen-bond donors (Lipinski definition) is 1. The molecular formula is C21H23FN2O3. The lowest BCUT2D eigenvalue weighted by Crippen LogP contribution is -2.28. The summed E-state index contributed by atoms with van der Waals surface area (Å²) < 4.78 is 18.7. The van der Waals surface area contributed by atoms with E-state index in [-0.39, 0.29) is 30.0 Å². The van der Waals surface area contributed by atoms with Crippen molar-refractivity contribution in [2.24, 2.45) is 0 Å². The largest absolute Gasteiger partial charge is 0.494 e. The molecule has 0 bridgehead atoms. The van der Waals surface area contributed by atoms with Crippen molar-refractivity contribution in [2.75, 3.05) is 18.6 Å². The average molecular weight is 370 g/mol. The van der Waals surface area contributed by atoms with E-state index in [2.05, 4.69) is 5.32 Å². The minimum Gasteiger partial charge on any atom is -0.494 e. The number of amides is 2. The van der Waals surface area contributed by atoms with Gasteiger partial charge in [0.2, 0.25) is 11.8 Å². The molecule has 1 saturated heterocycles. The van der Waals surface area contributed by atoms with Crippen LogP contribution in [0.25, 0.3) is 0 Å². The highest BCUT2D eigenvalue weighted by atomic mass is 19.1. The molecule has 1 aliphatic heterocycles. The number of benzene rings is 2. The molecule has 1 N–H and O–H groups in total. The van der Waals surface area contributed by atoms with E-state index in [4.69, 9.17) is 4.74 Å². The quantitative estimate of drug-likeness (QED) is 0.848. The number of rotatable bonds is 6. The van der Waals surface area contributed by atoms with Gasteiger partial charge in [0, 0.05) is 18.7 Å². The van der Waals surface area contributed by atoms with Crippen LogP contribution in [0.3, 0.4) is 0 Å². The van der Waals surface area contributed by atoms with Gasteiger partial charge >= 0.3 is 0 Å². The predicted molar refractivity (Wildman–Crippen MR) is 101 cm³/mol. The van der Waals surface area contributed by atoms with Crippen LogP contribution in [0.4, 0.5) is 10.1 Å². The van der Waals surface area contributed by atoms with Gasteiger partial charge in [-0.15, -0.1) is 0 Å². The monoisotopic (exact) mass is 370 g/mol. The number of nitrogens with zero attached hydrogens (tertiary/aromatic N) is 1. The highest BCUT2D eigenvalue weighted by Crippen LogP contribution is 2.23. The number of carbonyl (C=O) groups is 2. The molecule has 27 heavy (non-hydrogen) atoms. The van der Waals surface area contributed by atoms with Crippen molar-refractivity contribution < 1.29 is 18.7 Å². The summed E-state index contributed by atoms with van der Waals surface area (Å²) >= 11 is 0. The van der Waals surface area contributed by atoms with Crippen molar-refractivity contribution in [3.63, 3.8) is 0 Å². The third-order valence-electron chi connectivity index (χ3n) is 4.74. The Hall–Kier alpha value is -2.89. The van der Waals surface area contributed by atoms with Crippen molar-refractivity contribution in [1.29, 1.82) is 0 Å². The lowest BCUT2D eigenvalue weighted by atomic mass is 10.1. The van der Waals surface area contributed by atoms with Gasteiger partial charge in [-0.05, 0) is 48.7 Å². The molecule has 0 radical (unpaired) electrons. The molecule has 1 fully saturated rings. The second kappa shape index (κ2) is 8.20. The van der Waals surface area contributed by atoms with Crippen molar-refractivity contribution in [1.82, 2.24) is 5.32 Å². The molecule has 2 amide bonds. The zero-order valence-corrected chi connectivity index (χ0v) is 15.5. The summed E-state index contributed by atoms with van der Waals surface area (Å²) in [4.78, 5) is 25.9. The lowest BCUT2D eigenvalue weighted by molar-refractivity contribution is -0.121. The lowest BCUT2D eigenvalue weighted by Gasteiger charge is -2.17. The van der Waals surface area contributed by atoms with Crippen molar-refractivity contribution in [3.8, 4) is 5.75 Å². The summed E-state index contributed by atoms with van der Waals surface area (Å²) in [7, 11) is 1.41. The second-order valence-electron chi connectivity index (χ2n) is 6.68. The van der Waals surface area contributed by atoms with Crippen molar-refractivity contribution in [2.45, 2.75) is 32.2 Å². The third-order valence-corrected chi connectivity index (χ3v) is 4.74. The number of halogens is 1. The molecular weight excluding hydrogens is 347 g/mol. The smallest absolute Gasteiger partial charge is 0.227 e. The molecule has 2 aromatic rings. The molecule has 0 spiro atoms. The molecule has 1 atom stereocenters. The van der Waals surface area contributed by atoms with Crippen LogP contribution in [-0.4, -0.2) is 25.5 Å². The van der Waals surface area contributed by atoms with E-state index >= 15 is 0 Å². The molecule has 0 aromatic heterocycles. The Bertz CT molecular complexity index is 836. The zero-order chi connectivity index (χ0) is 19.4. The van der Waals surface area contributed by atoms with E-state index in [0.717, 1.165) is 24.2 Å². The fraction of sp³-hybridized carbons (Fsp3) is 0.333. The zero-order valence-electron chi connectivity index (χ0n) is 15.5. The number of nitrogens with one attached hydrogen (secondary N) is 1. The Balaban J connectivity index is 1.58. The van der Waals surface area contributed by atoms with Gasteiger partial charge in [-0.2, -0.15) is 0 Å². The van der Waals surface area contributed by atoms with Crippen LogP contribution in [0.5, 0.6) is 5.75 Å². The molecule has 5 nitrogen and oxygen atoms in total. The first kappa shape index (κ1) is 18.9. The number of anilines is 1. The van der Waals surface area contributed by atoms with Gasteiger partial charge in [0.1, 0.15) is 0 Å². The first-order chi connectivity index (χ1) is 13.0. The van der Waals surface area contributed by atoms with Gasteiger partial charge in [-0.3, -0.25) is 9.59 Å². The Morgan fingerprint density at radius 1 is 1.26 bits per heavy atom. The van der Waals surface area contributed by atoms with Crippen LogP contribution in [0.15, 0.2) is 42.5 Å². The predicted octanol–water partition coefficient (Wildman–Crippen LogP) is 3.38. The van der Waals surface area contributed by atoms with Gasteiger partial charge in [-0.1, -0.05) is 18.2 Å². The van der Waals surface area contributed by atoms with Crippen molar-refractivity contribution >= 4 is 17.5 Å². The highest BCUT2D eigenvalue weighted by molar-refractivity contribution is 5.95. The second-order valence-corrected chi connectivity index (χ2v) is 6.68. The molecule has 6 heteroatoms. The topological polar surface area (TPSA) is 58.6 Å². The van der Waals surface area contributed by atoms with Gasteiger partial charge in [-0.25, -0.2) is 4.39 Å². The number of carbonyl (C=O) groups excluding carboxylic acids is 2. The maximum Gasteiger partial charge on any atom is 0.227 e. The SMILES string of the molecule is COc1ccc(C(C)NC(=O)Cc2ccc(N3CCCC3=O)cc2)cc1F. The van der Waals surface area contributed by atoms with E-state index in [9.17, 15) is 14.0 Å². The minimum absolute atomic E-state index is 0.140. The van der Waals surface area contributed by atoms with Crippen LogP contribution < -0.4 is 15.0 Å². The fourth-order valence-corrected chi connectivity index (χ4v) is 3.23. The molecule has 0 saturated carbocycles. The maximum absolute atomic E-state index is 13.8. The van der Waals surface area contributed by atoms with Crippen LogP contribution >= 0.6 is 0 Å². The summed E-state index contributed by atoms with van der Waals surface area (Å²) in [5.74, 6) is -0.290. The van der Waals surface area contributed by atoms with Crippen LogP contribution in [0.2, 0.25) is 0 Å². The van der Waals surface area contributed by atoms with E-state index in [0.29, 0.717) is 12.0 Å². The van der Waals surface area contributed by atoms with Crippen LogP contribution in [-0.2, 0) is 16.0 Å². The van der Waals surface area contributed by atoms with Gasteiger partial charge in [0.05, 0.1) is 19.6 Å². The normalized spacial score (nSPS) is 14.9. The number of methoxy groups -OCH3 is 1. The minimum atomic E-state index is -0.455. The maximum atomic E-state index is 13.8. The van der Waals surface area contributed by atoms with Crippen LogP contribution in [0, 0.1) is 5.82 Å². The van der Waals surface area contributed by atoms with Crippen LogP contribution in [0.1, 0.15) is 36.9 Å². The highest BCUT2D eigenvalue weighted by Gasteiger charge is 2.21.